The van der Waals surface area contributed by atoms with E-state index < -0.39 is 10.0 Å². The highest BCUT2D eigenvalue weighted by molar-refractivity contribution is 7.88. The minimum Gasteiger partial charge on any atom is -0.328 e. The Morgan fingerprint density at radius 1 is 1.33 bits per heavy atom. The fourth-order valence-corrected chi connectivity index (χ4v) is 4.33. The van der Waals surface area contributed by atoms with Gasteiger partial charge in [-0.1, -0.05) is 29.8 Å². The van der Waals surface area contributed by atoms with Gasteiger partial charge in [-0.25, -0.2) is 12.7 Å². The van der Waals surface area contributed by atoms with Crippen molar-refractivity contribution in [1.82, 2.24) is 4.31 Å². The topological polar surface area (TPSA) is 63.4 Å². The minimum atomic E-state index is -3.21. The molecular formula is C15H25ClN2O2S. The van der Waals surface area contributed by atoms with E-state index in [0.29, 0.717) is 19.0 Å². The Balaban J connectivity index is 0.00000220. The molecule has 1 aliphatic rings. The van der Waals surface area contributed by atoms with Gasteiger partial charge in [0.25, 0.3) is 0 Å². The molecule has 0 saturated carbocycles. The maximum atomic E-state index is 12.4. The van der Waals surface area contributed by atoms with E-state index in [1.54, 1.807) is 4.31 Å². The second-order valence-corrected chi connectivity index (χ2v) is 7.81. The molecule has 4 nitrogen and oxygen atoms in total. The third kappa shape index (κ3) is 4.95. The van der Waals surface area contributed by atoms with Crippen LogP contribution in [0.25, 0.3) is 0 Å². The summed E-state index contributed by atoms with van der Waals surface area (Å²) in [4.78, 5) is 0. The molecule has 1 saturated heterocycles. The van der Waals surface area contributed by atoms with Crippen LogP contribution >= 0.6 is 12.4 Å². The van der Waals surface area contributed by atoms with Crippen molar-refractivity contribution in [3.63, 3.8) is 0 Å². The summed E-state index contributed by atoms with van der Waals surface area (Å²) in [5.41, 5.74) is 7.85. The first-order valence-electron chi connectivity index (χ1n) is 7.17. The molecule has 120 valence electrons. The molecule has 1 unspecified atom stereocenters. The highest BCUT2D eigenvalue weighted by Crippen LogP contribution is 2.23. The molecule has 0 aliphatic carbocycles. The van der Waals surface area contributed by atoms with Gasteiger partial charge in [-0.15, -0.1) is 12.4 Å². The van der Waals surface area contributed by atoms with Gasteiger partial charge in [0.15, 0.2) is 0 Å². The molecule has 1 fully saturated rings. The number of aryl methyl sites for hydroxylation is 1. The number of halogens is 1. The van der Waals surface area contributed by atoms with E-state index in [1.165, 1.54) is 0 Å². The fraction of sp³-hybridized carbons (Fsp3) is 0.600. The van der Waals surface area contributed by atoms with Gasteiger partial charge in [0, 0.05) is 19.1 Å². The molecule has 1 aromatic carbocycles. The van der Waals surface area contributed by atoms with Crippen molar-refractivity contribution in [3.8, 4) is 0 Å². The molecule has 1 atom stereocenters. The Morgan fingerprint density at radius 3 is 2.48 bits per heavy atom. The molecule has 21 heavy (non-hydrogen) atoms. The lowest BCUT2D eigenvalue weighted by Gasteiger charge is -2.33. The maximum absolute atomic E-state index is 12.4. The number of nitrogens with two attached hydrogens (primary N) is 1. The number of rotatable bonds is 4. The van der Waals surface area contributed by atoms with Gasteiger partial charge in [-0.05, 0) is 38.2 Å². The summed E-state index contributed by atoms with van der Waals surface area (Å²) >= 11 is 0. The molecule has 0 amide bonds. The van der Waals surface area contributed by atoms with Gasteiger partial charge in [-0.2, -0.15) is 0 Å². The number of hydrogen-bond acceptors (Lipinski definition) is 3. The number of nitrogens with zero attached hydrogens (tertiary/aromatic N) is 1. The van der Waals surface area contributed by atoms with Gasteiger partial charge in [-0.3, -0.25) is 0 Å². The average molecular weight is 333 g/mol. The van der Waals surface area contributed by atoms with Crippen LogP contribution in [0.3, 0.4) is 0 Å². The monoisotopic (exact) mass is 332 g/mol. The van der Waals surface area contributed by atoms with Gasteiger partial charge in [0.1, 0.15) is 0 Å². The van der Waals surface area contributed by atoms with Gasteiger partial charge in [0.2, 0.25) is 10.0 Å². The number of benzene rings is 1. The zero-order valence-corrected chi connectivity index (χ0v) is 14.3. The van der Waals surface area contributed by atoms with E-state index in [-0.39, 0.29) is 24.2 Å². The normalized spacial score (nSPS) is 19.0. The Hall–Kier alpha value is -0.620. The molecule has 1 aliphatic heterocycles. The summed E-state index contributed by atoms with van der Waals surface area (Å²) < 4.78 is 26.5. The molecule has 2 N–H and O–H groups in total. The summed E-state index contributed by atoms with van der Waals surface area (Å²) in [6.07, 6.45) is 1.73. The largest absolute Gasteiger partial charge is 0.328 e. The van der Waals surface area contributed by atoms with Crippen LogP contribution in [0.5, 0.6) is 0 Å². The van der Waals surface area contributed by atoms with Gasteiger partial charge >= 0.3 is 0 Å². The predicted octanol–water partition coefficient (Wildman–Crippen LogP) is 2.31. The Kier molecular flexibility index (Phi) is 6.66. The highest BCUT2D eigenvalue weighted by atomic mass is 35.5. The Bertz CT molecular complexity index is 553. The van der Waals surface area contributed by atoms with Crippen LogP contribution in [0.2, 0.25) is 0 Å². The second-order valence-electron chi connectivity index (χ2n) is 5.84. The van der Waals surface area contributed by atoms with Crippen LogP contribution in [-0.2, 0) is 15.8 Å². The van der Waals surface area contributed by atoms with E-state index in [2.05, 4.69) is 0 Å². The van der Waals surface area contributed by atoms with Crippen molar-refractivity contribution in [3.05, 3.63) is 35.4 Å². The van der Waals surface area contributed by atoms with Gasteiger partial charge in [0.05, 0.1) is 5.75 Å². The second kappa shape index (κ2) is 7.58. The lowest BCUT2D eigenvalue weighted by atomic mass is 9.92. The third-order valence-corrected chi connectivity index (χ3v) is 5.92. The number of piperidine rings is 1. The van der Waals surface area contributed by atoms with Crippen molar-refractivity contribution < 1.29 is 8.42 Å². The van der Waals surface area contributed by atoms with Crippen LogP contribution in [0, 0.1) is 12.8 Å². The molecule has 6 heteroatoms. The van der Waals surface area contributed by atoms with E-state index in [9.17, 15) is 8.42 Å². The molecule has 2 rings (SSSR count). The van der Waals surface area contributed by atoms with Crippen molar-refractivity contribution >= 4 is 22.4 Å². The van der Waals surface area contributed by atoms with Crippen molar-refractivity contribution in [1.29, 1.82) is 0 Å². The molecule has 0 aromatic heterocycles. The van der Waals surface area contributed by atoms with Crippen LogP contribution in [-0.4, -0.2) is 31.9 Å². The summed E-state index contributed by atoms with van der Waals surface area (Å²) in [5.74, 6) is 0.540. The van der Waals surface area contributed by atoms with Crippen molar-refractivity contribution in [2.24, 2.45) is 11.7 Å². The molecular weight excluding hydrogens is 308 g/mol. The minimum absolute atomic E-state index is 0. The fourth-order valence-electron chi connectivity index (χ4n) is 2.78. The summed E-state index contributed by atoms with van der Waals surface area (Å²) in [6.45, 7) is 5.17. The number of sulfonamides is 1. The predicted molar refractivity (Wildman–Crippen MR) is 89.0 cm³/mol. The zero-order valence-electron chi connectivity index (χ0n) is 12.7. The van der Waals surface area contributed by atoms with Crippen LogP contribution in [0.4, 0.5) is 0 Å². The first kappa shape index (κ1) is 18.4. The SMILES string of the molecule is Cc1cccc(CS(=O)(=O)N2CCC(C(C)N)CC2)c1.Cl. The molecule has 1 heterocycles. The lowest BCUT2D eigenvalue weighted by molar-refractivity contribution is 0.250. The number of hydrogen-bond donors (Lipinski definition) is 1. The van der Waals surface area contributed by atoms with Crippen LogP contribution in [0.15, 0.2) is 24.3 Å². The summed E-state index contributed by atoms with van der Waals surface area (Å²) in [7, 11) is -3.21. The first-order valence-corrected chi connectivity index (χ1v) is 8.78. The van der Waals surface area contributed by atoms with E-state index >= 15 is 0 Å². The quantitative estimate of drug-likeness (QED) is 0.920. The van der Waals surface area contributed by atoms with E-state index in [0.717, 1.165) is 24.0 Å². The van der Waals surface area contributed by atoms with E-state index in [1.807, 2.05) is 38.1 Å². The van der Waals surface area contributed by atoms with Gasteiger partial charge < -0.3 is 5.73 Å². The molecule has 0 spiro atoms. The van der Waals surface area contributed by atoms with Crippen LogP contribution < -0.4 is 5.73 Å². The summed E-state index contributed by atoms with van der Waals surface area (Å²) in [5, 5.41) is 0. The Labute approximate surface area is 134 Å². The smallest absolute Gasteiger partial charge is 0.218 e. The van der Waals surface area contributed by atoms with E-state index in [4.69, 9.17) is 5.73 Å². The lowest BCUT2D eigenvalue weighted by Crippen LogP contribution is -2.42. The standard InChI is InChI=1S/C15H24N2O2S.ClH/c1-12-4-3-5-14(10-12)11-20(18,19)17-8-6-15(7-9-17)13(2)16;/h3-5,10,13,15H,6-9,11,16H2,1-2H3;1H. The van der Waals surface area contributed by atoms with Crippen LogP contribution in [0.1, 0.15) is 30.9 Å². The summed E-state index contributed by atoms with van der Waals surface area (Å²) in [6, 6.07) is 7.84. The molecule has 0 radical (unpaired) electrons. The maximum Gasteiger partial charge on any atom is 0.218 e. The molecule has 1 aromatic rings. The Morgan fingerprint density at radius 2 is 1.95 bits per heavy atom. The van der Waals surface area contributed by atoms with Crippen molar-refractivity contribution in [2.45, 2.75) is 38.5 Å². The first-order chi connectivity index (χ1) is 9.38. The average Bonchev–Trinajstić information content (AvgIpc) is 2.38. The highest BCUT2D eigenvalue weighted by Gasteiger charge is 2.29. The third-order valence-electron chi connectivity index (χ3n) is 4.07. The van der Waals surface area contributed by atoms with Crippen molar-refractivity contribution in [2.75, 3.05) is 13.1 Å². The zero-order chi connectivity index (χ0) is 14.8. The molecule has 0 bridgehead atoms.